The van der Waals surface area contributed by atoms with Crippen LogP contribution in [0.3, 0.4) is 0 Å². The van der Waals surface area contributed by atoms with Crippen molar-refractivity contribution in [1.82, 2.24) is 4.98 Å². The molecule has 20 heavy (non-hydrogen) atoms. The van der Waals surface area contributed by atoms with E-state index in [1.54, 1.807) is 5.38 Å². The van der Waals surface area contributed by atoms with Crippen LogP contribution in [0.4, 0.5) is 14.5 Å². The molecular formula is C12H7BrF2N2O2S. The summed E-state index contributed by atoms with van der Waals surface area (Å²) in [5.41, 5.74) is -0.949. The minimum Gasteiger partial charge on any atom is -0.317 e. The molecule has 4 nitrogen and oxygen atoms in total. The maximum Gasteiger partial charge on any atom is 0.284 e. The summed E-state index contributed by atoms with van der Waals surface area (Å²) in [6.07, 6.45) is 1.43. The number of nitrogens with zero attached hydrogens (tertiary/aromatic N) is 1. The number of halogens is 3. The first-order valence-electron chi connectivity index (χ1n) is 5.32. The van der Waals surface area contributed by atoms with Crippen LogP contribution in [0.25, 0.3) is 0 Å². The molecule has 0 saturated heterocycles. The van der Waals surface area contributed by atoms with Crippen molar-refractivity contribution in [3.63, 3.8) is 0 Å². The van der Waals surface area contributed by atoms with Crippen LogP contribution in [0.2, 0.25) is 0 Å². The van der Waals surface area contributed by atoms with Gasteiger partial charge in [0.25, 0.3) is 5.91 Å². The second-order valence-corrected chi connectivity index (χ2v) is 5.09. The van der Waals surface area contributed by atoms with Crippen molar-refractivity contribution in [2.24, 2.45) is 0 Å². The van der Waals surface area contributed by atoms with Gasteiger partial charge in [-0.1, -0.05) is 15.9 Å². The van der Waals surface area contributed by atoms with Gasteiger partial charge in [-0.15, -0.1) is 11.3 Å². The molecular weight excluding hydrogens is 354 g/mol. The Morgan fingerprint density at radius 2 is 2.10 bits per heavy atom. The zero-order valence-corrected chi connectivity index (χ0v) is 12.2. The fraction of sp³-hybridized carbons (Fsp3) is 0.0833. The lowest BCUT2D eigenvalue weighted by Crippen LogP contribution is -2.15. The fourth-order valence-electron chi connectivity index (χ4n) is 1.48. The number of Topliss-reactive ketones (excluding diaryl/α,β-unsaturated/α-hetero) is 1. The number of benzene rings is 1. The number of alkyl halides is 1. The topological polar surface area (TPSA) is 59.1 Å². The average molecular weight is 361 g/mol. The molecule has 1 amide bonds. The summed E-state index contributed by atoms with van der Waals surface area (Å²) in [4.78, 5) is 27.0. The van der Waals surface area contributed by atoms with Crippen LogP contribution in [0.1, 0.15) is 20.2 Å². The highest BCUT2D eigenvalue weighted by Gasteiger charge is 2.21. The number of carbonyl (C=O) groups excluding carboxylic acids is 2. The van der Waals surface area contributed by atoms with Crippen molar-refractivity contribution in [1.29, 1.82) is 0 Å². The number of anilines is 1. The Labute approximate surface area is 125 Å². The largest absolute Gasteiger partial charge is 0.317 e. The smallest absolute Gasteiger partial charge is 0.284 e. The molecule has 1 heterocycles. The standard InChI is InChI=1S/C12H7BrF2N2O2S/c13-5-8(18)9-6(14)1-2-7(10(9)15)17-11(19)12-16-3-4-20-12/h1-4H,5H2,(H,17,19). The number of amides is 1. The second kappa shape index (κ2) is 6.19. The number of aromatic nitrogens is 1. The SMILES string of the molecule is O=C(Nc1ccc(F)c(C(=O)CBr)c1F)c1nccs1. The van der Waals surface area contributed by atoms with Crippen LogP contribution in [-0.2, 0) is 0 Å². The normalized spacial score (nSPS) is 10.3. The van der Waals surface area contributed by atoms with Gasteiger partial charge in [-0.05, 0) is 12.1 Å². The van der Waals surface area contributed by atoms with E-state index in [4.69, 9.17) is 0 Å². The second-order valence-electron chi connectivity index (χ2n) is 3.63. The van der Waals surface area contributed by atoms with Gasteiger partial charge in [0.05, 0.1) is 16.6 Å². The molecule has 1 N–H and O–H groups in total. The summed E-state index contributed by atoms with van der Waals surface area (Å²) in [7, 11) is 0. The molecule has 0 aliphatic rings. The van der Waals surface area contributed by atoms with E-state index in [2.05, 4.69) is 26.2 Å². The van der Waals surface area contributed by atoms with Gasteiger partial charge in [-0.2, -0.15) is 0 Å². The lowest BCUT2D eigenvalue weighted by molar-refractivity contribution is 0.100. The summed E-state index contributed by atoms with van der Waals surface area (Å²) in [5.74, 6) is -3.44. The summed E-state index contributed by atoms with van der Waals surface area (Å²) in [5, 5.41) is 3.78. The predicted molar refractivity (Wildman–Crippen MR) is 74.5 cm³/mol. The van der Waals surface area contributed by atoms with Crippen LogP contribution in [0, 0.1) is 11.6 Å². The Kier molecular flexibility index (Phi) is 4.56. The summed E-state index contributed by atoms with van der Waals surface area (Å²) in [6.45, 7) is 0. The van der Waals surface area contributed by atoms with Gasteiger partial charge in [-0.25, -0.2) is 13.8 Å². The van der Waals surface area contributed by atoms with E-state index in [0.29, 0.717) is 0 Å². The Balaban J connectivity index is 2.34. The van der Waals surface area contributed by atoms with Crippen LogP contribution >= 0.6 is 27.3 Å². The molecule has 1 aromatic heterocycles. The third-order valence-corrected chi connectivity index (χ3v) is 3.65. The number of hydrogen-bond acceptors (Lipinski definition) is 4. The highest BCUT2D eigenvalue weighted by molar-refractivity contribution is 9.09. The molecule has 0 saturated carbocycles. The molecule has 1 aromatic carbocycles. The van der Waals surface area contributed by atoms with Crippen molar-refractivity contribution < 1.29 is 18.4 Å². The third kappa shape index (κ3) is 2.91. The minimum atomic E-state index is -1.10. The van der Waals surface area contributed by atoms with Crippen LogP contribution < -0.4 is 5.32 Å². The van der Waals surface area contributed by atoms with E-state index >= 15 is 0 Å². The average Bonchev–Trinajstić information content (AvgIpc) is 2.96. The molecule has 2 aromatic rings. The van der Waals surface area contributed by atoms with Crippen molar-refractivity contribution in [3.05, 3.63) is 45.9 Å². The van der Waals surface area contributed by atoms with Gasteiger partial charge in [0.2, 0.25) is 0 Å². The van der Waals surface area contributed by atoms with E-state index in [1.165, 1.54) is 6.20 Å². The number of hydrogen-bond donors (Lipinski definition) is 1. The molecule has 8 heteroatoms. The predicted octanol–water partition coefficient (Wildman–Crippen LogP) is 3.25. The third-order valence-electron chi connectivity index (χ3n) is 2.37. The lowest BCUT2D eigenvalue weighted by Gasteiger charge is -2.08. The zero-order chi connectivity index (χ0) is 14.7. The highest BCUT2D eigenvalue weighted by atomic mass is 79.9. The number of ketones is 1. The molecule has 0 bridgehead atoms. The summed E-state index contributed by atoms with van der Waals surface area (Å²) in [6, 6.07) is 1.98. The van der Waals surface area contributed by atoms with E-state index in [1.807, 2.05) is 0 Å². The van der Waals surface area contributed by atoms with Crippen molar-refractivity contribution in [2.75, 3.05) is 10.6 Å². The molecule has 0 spiro atoms. The van der Waals surface area contributed by atoms with Gasteiger partial charge >= 0.3 is 0 Å². The van der Waals surface area contributed by atoms with E-state index < -0.39 is 28.9 Å². The molecule has 0 fully saturated rings. The summed E-state index contributed by atoms with van der Waals surface area (Å²) < 4.78 is 27.5. The van der Waals surface area contributed by atoms with Gasteiger partial charge in [0.15, 0.2) is 16.6 Å². The Morgan fingerprint density at radius 1 is 1.35 bits per heavy atom. The highest BCUT2D eigenvalue weighted by Crippen LogP contribution is 2.23. The molecule has 0 aliphatic heterocycles. The minimum absolute atomic E-state index is 0.141. The first-order chi connectivity index (χ1) is 9.54. The van der Waals surface area contributed by atoms with Crippen LogP contribution in [0.15, 0.2) is 23.7 Å². The van der Waals surface area contributed by atoms with Gasteiger partial charge in [0.1, 0.15) is 5.82 Å². The summed E-state index contributed by atoms with van der Waals surface area (Å²) >= 11 is 3.93. The lowest BCUT2D eigenvalue weighted by atomic mass is 10.1. The van der Waals surface area contributed by atoms with Crippen molar-refractivity contribution in [2.45, 2.75) is 0 Å². The number of thiazole rings is 1. The zero-order valence-electron chi connectivity index (χ0n) is 9.82. The van der Waals surface area contributed by atoms with Crippen molar-refractivity contribution >= 4 is 44.6 Å². The molecule has 0 atom stereocenters. The number of nitrogens with one attached hydrogen (secondary N) is 1. The molecule has 0 unspecified atom stereocenters. The van der Waals surface area contributed by atoms with Crippen LogP contribution in [0.5, 0.6) is 0 Å². The van der Waals surface area contributed by atoms with Gasteiger partial charge in [-0.3, -0.25) is 9.59 Å². The molecule has 0 aliphatic carbocycles. The quantitative estimate of drug-likeness (QED) is 0.672. The fourth-order valence-corrected chi connectivity index (χ4v) is 2.29. The first kappa shape index (κ1) is 14.7. The monoisotopic (exact) mass is 360 g/mol. The Hall–Kier alpha value is -1.67. The molecule has 2 rings (SSSR count). The maximum atomic E-state index is 14.1. The van der Waals surface area contributed by atoms with Gasteiger partial charge < -0.3 is 5.32 Å². The van der Waals surface area contributed by atoms with E-state index in [9.17, 15) is 18.4 Å². The van der Waals surface area contributed by atoms with Gasteiger partial charge in [0, 0.05) is 11.6 Å². The Bertz CT molecular complexity index is 662. The first-order valence-corrected chi connectivity index (χ1v) is 7.32. The van der Waals surface area contributed by atoms with Crippen LogP contribution in [-0.4, -0.2) is 22.0 Å². The van der Waals surface area contributed by atoms with E-state index in [-0.39, 0.29) is 16.0 Å². The Morgan fingerprint density at radius 3 is 2.70 bits per heavy atom. The number of carbonyl (C=O) groups is 2. The van der Waals surface area contributed by atoms with E-state index in [0.717, 1.165) is 23.5 Å². The van der Waals surface area contributed by atoms with Crippen molar-refractivity contribution in [3.8, 4) is 0 Å². The molecule has 0 radical (unpaired) electrons. The number of rotatable bonds is 4. The molecule has 104 valence electrons. The maximum absolute atomic E-state index is 14.1.